The van der Waals surface area contributed by atoms with Crippen LogP contribution in [0.2, 0.25) is 0 Å². The highest BCUT2D eigenvalue weighted by molar-refractivity contribution is 5.91. The fourth-order valence-electron chi connectivity index (χ4n) is 1.23. The number of hydrogen-bond acceptors (Lipinski definition) is 2. The molecule has 15 heavy (non-hydrogen) atoms. The lowest BCUT2D eigenvalue weighted by molar-refractivity contribution is -0.136. The number of carboxylic acid groups (broad SMARTS) is 1. The molecule has 0 atom stereocenters. The zero-order valence-corrected chi connectivity index (χ0v) is 8.43. The Bertz CT molecular complexity index is 405. The third-order valence-corrected chi connectivity index (χ3v) is 1.89. The molecule has 0 radical (unpaired) electrons. The standard InChI is InChI=1S/C12H12O3/c1-9(13)6-7-10-4-2-3-5-11(10)8-12(14)15/h2-7H,8H2,1H3,(H,14,15). The first-order valence-corrected chi connectivity index (χ1v) is 4.58. The molecule has 0 spiro atoms. The molecule has 3 nitrogen and oxygen atoms in total. The number of allylic oxidation sites excluding steroid dienone is 1. The van der Waals surface area contributed by atoms with Gasteiger partial charge >= 0.3 is 5.97 Å². The molecule has 0 aliphatic rings. The lowest BCUT2D eigenvalue weighted by Gasteiger charge is -2.01. The van der Waals surface area contributed by atoms with Crippen molar-refractivity contribution in [1.29, 1.82) is 0 Å². The van der Waals surface area contributed by atoms with Crippen molar-refractivity contribution >= 4 is 17.8 Å². The molecule has 1 aromatic rings. The summed E-state index contributed by atoms with van der Waals surface area (Å²) in [5.41, 5.74) is 1.48. The van der Waals surface area contributed by atoms with E-state index < -0.39 is 5.97 Å². The van der Waals surface area contributed by atoms with Gasteiger partial charge in [0.15, 0.2) is 5.78 Å². The highest BCUT2D eigenvalue weighted by Gasteiger charge is 2.03. The predicted molar refractivity (Wildman–Crippen MR) is 57.5 cm³/mol. The molecule has 1 rings (SSSR count). The van der Waals surface area contributed by atoms with Crippen molar-refractivity contribution in [3.63, 3.8) is 0 Å². The van der Waals surface area contributed by atoms with Crippen LogP contribution >= 0.6 is 0 Å². The largest absolute Gasteiger partial charge is 0.481 e. The Morgan fingerprint density at radius 3 is 2.60 bits per heavy atom. The molecule has 0 bridgehead atoms. The Labute approximate surface area is 88.0 Å². The van der Waals surface area contributed by atoms with Crippen molar-refractivity contribution < 1.29 is 14.7 Å². The van der Waals surface area contributed by atoms with Crippen LogP contribution in [0.1, 0.15) is 18.1 Å². The summed E-state index contributed by atoms with van der Waals surface area (Å²) in [6, 6.07) is 7.13. The summed E-state index contributed by atoms with van der Waals surface area (Å²) in [7, 11) is 0. The second kappa shape index (κ2) is 5.10. The molecular weight excluding hydrogens is 192 g/mol. The van der Waals surface area contributed by atoms with Crippen LogP contribution in [0.25, 0.3) is 6.08 Å². The minimum absolute atomic E-state index is 0.0293. The summed E-state index contributed by atoms with van der Waals surface area (Å²) >= 11 is 0. The first-order valence-electron chi connectivity index (χ1n) is 4.58. The summed E-state index contributed by atoms with van der Waals surface area (Å²) in [6.45, 7) is 1.45. The fraction of sp³-hybridized carbons (Fsp3) is 0.167. The van der Waals surface area contributed by atoms with Gasteiger partial charge in [0.1, 0.15) is 0 Å². The third kappa shape index (κ3) is 3.77. The van der Waals surface area contributed by atoms with Crippen molar-refractivity contribution in [2.75, 3.05) is 0 Å². The van der Waals surface area contributed by atoms with E-state index in [9.17, 15) is 9.59 Å². The zero-order chi connectivity index (χ0) is 11.3. The van der Waals surface area contributed by atoms with E-state index in [0.717, 1.165) is 5.56 Å². The Morgan fingerprint density at radius 1 is 1.33 bits per heavy atom. The van der Waals surface area contributed by atoms with Gasteiger partial charge in [-0.3, -0.25) is 9.59 Å². The van der Waals surface area contributed by atoms with Crippen LogP contribution in [-0.2, 0) is 16.0 Å². The zero-order valence-electron chi connectivity index (χ0n) is 8.43. The predicted octanol–water partition coefficient (Wildman–Crippen LogP) is 1.92. The number of aliphatic carboxylic acids is 1. The Balaban J connectivity index is 2.95. The number of rotatable bonds is 4. The van der Waals surface area contributed by atoms with Crippen molar-refractivity contribution in [3.8, 4) is 0 Å². The summed E-state index contributed by atoms with van der Waals surface area (Å²) < 4.78 is 0. The van der Waals surface area contributed by atoms with Crippen LogP contribution in [-0.4, -0.2) is 16.9 Å². The summed E-state index contributed by atoms with van der Waals surface area (Å²) in [6.07, 6.45) is 3.04. The van der Waals surface area contributed by atoms with Crippen LogP contribution < -0.4 is 0 Å². The molecule has 1 aromatic carbocycles. The van der Waals surface area contributed by atoms with Gasteiger partial charge < -0.3 is 5.11 Å². The van der Waals surface area contributed by atoms with Crippen LogP contribution in [0.5, 0.6) is 0 Å². The van der Waals surface area contributed by atoms with E-state index in [1.165, 1.54) is 13.0 Å². The second-order valence-corrected chi connectivity index (χ2v) is 3.21. The molecular formula is C12H12O3. The minimum atomic E-state index is -0.876. The van der Waals surface area contributed by atoms with E-state index >= 15 is 0 Å². The summed E-state index contributed by atoms with van der Waals surface area (Å²) in [5.74, 6) is -0.932. The molecule has 0 fully saturated rings. The average Bonchev–Trinajstić information content (AvgIpc) is 2.15. The van der Waals surface area contributed by atoms with Gasteiger partial charge in [0.05, 0.1) is 6.42 Å². The third-order valence-electron chi connectivity index (χ3n) is 1.89. The fourth-order valence-corrected chi connectivity index (χ4v) is 1.23. The molecule has 0 amide bonds. The van der Waals surface area contributed by atoms with E-state index in [1.54, 1.807) is 24.3 Å². The molecule has 0 aromatic heterocycles. The number of carbonyl (C=O) groups excluding carboxylic acids is 1. The quantitative estimate of drug-likeness (QED) is 0.762. The maximum absolute atomic E-state index is 10.7. The molecule has 78 valence electrons. The molecule has 0 unspecified atom stereocenters. The van der Waals surface area contributed by atoms with Gasteiger partial charge in [-0.25, -0.2) is 0 Å². The Hall–Kier alpha value is -1.90. The van der Waals surface area contributed by atoms with Gasteiger partial charge in [-0.1, -0.05) is 30.3 Å². The second-order valence-electron chi connectivity index (χ2n) is 3.21. The first-order chi connectivity index (χ1) is 7.09. The normalized spacial score (nSPS) is 10.5. The van der Waals surface area contributed by atoms with Crippen molar-refractivity contribution in [3.05, 3.63) is 41.5 Å². The minimum Gasteiger partial charge on any atom is -0.481 e. The SMILES string of the molecule is CC(=O)C=Cc1ccccc1CC(=O)O. The molecule has 0 saturated carbocycles. The highest BCUT2D eigenvalue weighted by Crippen LogP contribution is 2.11. The number of hydrogen-bond donors (Lipinski definition) is 1. The molecule has 0 aliphatic carbocycles. The number of benzene rings is 1. The van der Waals surface area contributed by atoms with E-state index in [2.05, 4.69) is 0 Å². The molecule has 1 N–H and O–H groups in total. The van der Waals surface area contributed by atoms with E-state index in [0.29, 0.717) is 5.56 Å². The van der Waals surface area contributed by atoms with Gasteiger partial charge in [-0.2, -0.15) is 0 Å². The van der Waals surface area contributed by atoms with E-state index in [4.69, 9.17) is 5.11 Å². The topological polar surface area (TPSA) is 54.4 Å². The van der Waals surface area contributed by atoms with E-state index in [1.807, 2.05) is 6.07 Å². The highest BCUT2D eigenvalue weighted by atomic mass is 16.4. The van der Waals surface area contributed by atoms with Gasteiger partial charge in [0.2, 0.25) is 0 Å². The van der Waals surface area contributed by atoms with Crippen LogP contribution in [0.3, 0.4) is 0 Å². The lowest BCUT2D eigenvalue weighted by atomic mass is 10.0. The summed E-state index contributed by atoms with van der Waals surface area (Å²) in [5, 5.41) is 8.68. The van der Waals surface area contributed by atoms with Crippen LogP contribution in [0, 0.1) is 0 Å². The monoisotopic (exact) mass is 204 g/mol. The number of carbonyl (C=O) groups is 2. The molecule has 0 heterocycles. The molecule has 3 heteroatoms. The maximum Gasteiger partial charge on any atom is 0.307 e. The van der Waals surface area contributed by atoms with Gasteiger partial charge in [0, 0.05) is 0 Å². The maximum atomic E-state index is 10.7. The van der Waals surface area contributed by atoms with Crippen molar-refractivity contribution in [2.24, 2.45) is 0 Å². The Kier molecular flexibility index (Phi) is 3.80. The van der Waals surface area contributed by atoms with Crippen LogP contribution in [0.4, 0.5) is 0 Å². The van der Waals surface area contributed by atoms with Gasteiger partial charge in [-0.05, 0) is 24.1 Å². The number of ketones is 1. The molecule has 0 saturated heterocycles. The number of carboxylic acids is 1. The first kappa shape index (κ1) is 11.2. The Morgan fingerprint density at radius 2 is 2.00 bits per heavy atom. The van der Waals surface area contributed by atoms with Gasteiger partial charge in [0.25, 0.3) is 0 Å². The van der Waals surface area contributed by atoms with Crippen molar-refractivity contribution in [2.45, 2.75) is 13.3 Å². The van der Waals surface area contributed by atoms with Gasteiger partial charge in [-0.15, -0.1) is 0 Å². The molecule has 0 aliphatic heterocycles. The van der Waals surface area contributed by atoms with E-state index in [-0.39, 0.29) is 12.2 Å². The van der Waals surface area contributed by atoms with Crippen molar-refractivity contribution in [1.82, 2.24) is 0 Å². The lowest BCUT2D eigenvalue weighted by Crippen LogP contribution is -2.01. The average molecular weight is 204 g/mol. The van der Waals surface area contributed by atoms with Crippen LogP contribution in [0.15, 0.2) is 30.3 Å². The smallest absolute Gasteiger partial charge is 0.307 e. The summed E-state index contributed by atoms with van der Waals surface area (Å²) in [4.78, 5) is 21.3.